The van der Waals surface area contributed by atoms with Gasteiger partial charge in [-0.25, -0.2) is 4.98 Å². The fourth-order valence-corrected chi connectivity index (χ4v) is 3.34. The first-order valence-corrected chi connectivity index (χ1v) is 10.0. The van der Waals surface area contributed by atoms with Crippen LogP contribution in [0, 0.1) is 13.8 Å². The maximum absolute atomic E-state index is 12.3. The lowest BCUT2D eigenvalue weighted by Gasteiger charge is -2.08. The van der Waals surface area contributed by atoms with Gasteiger partial charge in [0.05, 0.1) is 0 Å². The molecule has 1 amide bonds. The Kier molecular flexibility index (Phi) is 5.53. The summed E-state index contributed by atoms with van der Waals surface area (Å²) in [7, 11) is 0. The number of hydrogen-bond acceptors (Lipinski definition) is 4. The molecule has 4 rings (SSSR count). The van der Waals surface area contributed by atoms with Crippen molar-refractivity contribution in [1.82, 2.24) is 4.98 Å². The van der Waals surface area contributed by atoms with Gasteiger partial charge in [-0.1, -0.05) is 36.8 Å². The van der Waals surface area contributed by atoms with Crippen LogP contribution >= 0.6 is 0 Å². The summed E-state index contributed by atoms with van der Waals surface area (Å²) < 4.78 is 11.5. The smallest absolute Gasteiger partial charge is 0.262 e. The number of hydrogen-bond donors (Lipinski definition) is 1. The highest BCUT2D eigenvalue weighted by Gasteiger charge is 2.12. The van der Waals surface area contributed by atoms with E-state index in [1.807, 2.05) is 49.4 Å². The highest BCUT2D eigenvalue weighted by atomic mass is 16.5. The Hall–Kier alpha value is -3.60. The van der Waals surface area contributed by atoms with E-state index in [0.29, 0.717) is 28.4 Å². The monoisotopic (exact) mass is 400 g/mol. The van der Waals surface area contributed by atoms with Crippen molar-refractivity contribution in [2.45, 2.75) is 27.2 Å². The molecule has 5 heteroatoms. The SMILES string of the molecule is CCc1ccc(OCC(=O)Nc2ccc3oc(-c4ccc(C)cc4C)nc3c2)cc1. The predicted molar refractivity (Wildman–Crippen MR) is 119 cm³/mol. The van der Waals surface area contributed by atoms with Crippen LogP contribution < -0.4 is 10.1 Å². The van der Waals surface area contributed by atoms with Crippen LogP contribution in [0.2, 0.25) is 0 Å². The van der Waals surface area contributed by atoms with Gasteiger partial charge in [-0.2, -0.15) is 0 Å². The minimum atomic E-state index is -0.230. The molecule has 0 unspecified atom stereocenters. The number of oxazole rings is 1. The first kappa shape index (κ1) is 19.7. The Morgan fingerprint density at radius 3 is 2.57 bits per heavy atom. The first-order chi connectivity index (χ1) is 14.5. The van der Waals surface area contributed by atoms with Gasteiger partial charge in [0.15, 0.2) is 12.2 Å². The zero-order valence-electron chi connectivity index (χ0n) is 17.4. The number of carbonyl (C=O) groups is 1. The number of fused-ring (bicyclic) bond motifs is 1. The standard InChI is InChI=1S/C25H24N2O3/c1-4-18-6-9-20(10-7-18)29-15-24(28)26-19-8-12-23-22(14-19)27-25(30-23)21-11-5-16(2)13-17(21)3/h5-14H,4,15H2,1-3H3,(H,26,28). The lowest BCUT2D eigenvalue weighted by atomic mass is 10.1. The van der Waals surface area contributed by atoms with Crippen LogP contribution in [0.15, 0.2) is 65.1 Å². The van der Waals surface area contributed by atoms with E-state index in [0.717, 1.165) is 17.5 Å². The highest BCUT2D eigenvalue weighted by molar-refractivity contribution is 5.94. The Labute approximate surface area is 175 Å². The Bertz CT molecular complexity index is 1190. The third-order valence-corrected chi connectivity index (χ3v) is 4.99. The second kappa shape index (κ2) is 8.41. The van der Waals surface area contributed by atoms with Gasteiger partial charge in [0, 0.05) is 11.3 Å². The normalized spacial score (nSPS) is 10.9. The Balaban J connectivity index is 1.44. The van der Waals surface area contributed by atoms with Crippen molar-refractivity contribution in [2.75, 3.05) is 11.9 Å². The van der Waals surface area contributed by atoms with Crippen LogP contribution in [0.1, 0.15) is 23.6 Å². The van der Waals surface area contributed by atoms with E-state index in [9.17, 15) is 4.79 Å². The lowest BCUT2D eigenvalue weighted by Crippen LogP contribution is -2.20. The molecular formula is C25H24N2O3. The van der Waals surface area contributed by atoms with E-state index in [2.05, 4.69) is 30.2 Å². The summed E-state index contributed by atoms with van der Waals surface area (Å²) in [4.78, 5) is 16.9. The van der Waals surface area contributed by atoms with Crippen molar-refractivity contribution in [1.29, 1.82) is 0 Å². The summed E-state index contributed by atoms with van der Waals surface area (Å²) in [5.74, 6) is 1.02. The molecule has 0 atom stereocenters. The summed E-state index contributed by atoms with van der Waals surface area (Å²) in [6.07, 6.45) is 0.969. The molecule has 0 fully saturated rings. The fraction of sp³-hybridized carbons (Fsp3) is 0.200. The van der Waals surface area contributed by atoms with Crippen LogP contribution in [-0.4, -0.2) is 17.5 Å². The summed E-state index contributed by atoms with van der Waals surface area (Å²) in [6, 6.07) is 19.3. The molecule has 0 aliphatic rings. The average molecular weight is 400 g/mol. The van der Waals surface area contributed by atoms with Gasteiger partial charge in [-0.05, 0) is 67.8 Å². The summed E-state index contributed by atoms with van der Waals surface area (Å²) in [5.41, 5.74) is 6.52. The van der Waals surface area contributed by atoms with Crippen LogP contribution in [0.4, 0.5) is 5.69 Å². The van der Waals surface area contributed by atoms with E-state index in [4.69, 9.17) is 9.15 Å². The van der Waals surface area contributed by atoms with Crippen LogP contribution in [0.5, 0.6) is 5.75 Å². The zero-order chi connectivity index (χ0) is 21.1. The number of ether oxygens (including phenoxy) is 1. The molecule has 1 aromatic heterocycles. The largest absolute Gasteiger partial charge is 0.484 e. The summed E-state index contributed by atoms with van der Waals surface area (Å²) in [6.45, 7) is 6.14. The average Bonchev–Trinajstić information content (AvgIpc) is 3.15. The Morgan fingerprint density at radius 1 is 1.03 bits per heavy atom. The van der Waals surface area contributed by atoms with Gasteiger partial charge in [0.1, 0.15) is 11.3 Å². The minimum absolute atomic E-state index is 0.0594. The third-order valence-electron chi connectivity index (χ3n) is 4.99. The number of nitrogens with zero attached hydrogens (tertiary/aromatic N) is 1. The number of carbonyl (C=O) groups excluding carboxylic acids is 1. The molecule has 4 aromatic rings. The molecule has 0 saturated heterocycles. The molecule has 5 nitrogen and oxygen atoms in total. The number of amides is 1. The molecule has 0 spiro atoms. The second-order valence-electron chi connectivity index (χ2n) is 7.35. The topological polar surface area (TPSA) is 64.4 Å². The van der Waals surface area contributed by atoms with Crippen LogP contribution in [-0.2, 0) is 11.2 Å². The van der Waals surface area contributed by atoms with E-state index in [-0.39, 0.29) is 12.5 Å². The molecule has 1 heterocycles. The molecule has 0 aliphatic heterocycles. The number of rotatable bonds is 6. The number of anilines is 1. The van der Waals surface area contributed by atoms with Crippen molar-refractivity contribution in [3.8, 4) is 17.2 Å². The second-order valence-corrected chi connectivity index (χ2v) is 7.35. The van der Waals surface area contributed by atoms with Crippen molar-refractivity contribution in [3.63, 3.8) is 0 Å². The molecule has 3 aromatic carbocycles. The maximum atomic E-state index is 12.3. The number of aryl methyl sites for hydroxylation is 3. The maximum Gasteiger partial charge on any atom is 0.262 e. The number of benzene rings is 3. The van der Waals surface area contributed by atoms with Gasteiger partial charge < -0.3 is 14.5 Å². The van der Waals surface area contributed by atoms with E-state index < -0.39 is 0 Å². The van der Waals surface area contributed by atoms with E-state index in [1.54, 1.807) is 12.1 Å². The lowest BCUT2D eigenvalue weighted by molar-refractivity contribution is -0.118. The van der Waals surface area contributed by atoms with Gasteiger partial charge in [-0.15, -0.1) is 0 Å². The fourth-order valence-electron chi connectivity index (χ4n) is 3.34. The number of nitrogens with one attached hydrogen (secondary N) is 1. The van der Waals surface area contributed by atoms with Gasteiger partial charge in [-0.3, -0.25) is 4.79 Å². The summed E-state index contributed by atoms with van der Waals surface area (Å²) >= 11 is 0. The van der Waals surface area contributed by atoms with Crippen molar-refractivity contribution < 1.29 is 13.9 Å². The van der Waals surface area contributed by atoms with E-state index >= 15 is 0 Å². The molecule has 0 radical (unpaired) electrons. The van der Waals surface area contributed by atoms with Crippen molar-refractivity contribution >= 4 is 22.7 Å². The minimum Gasteiger partial charge on any atom is -0.484 e. The number of aromatic nitrogens is 1. The first-order valence-electron chi connectivity index (χ1n) is 10.0. The molecule has 1 N–H and O–H groups in total. The van der Waals surface area contributed by atoms with Gasteiger partial charge >= 0.3 is 0 Å². The van der Waals surface area contributed by atoms with E-state index in [1.165, 1.54) is 11.1 Å². The Morgan fingerprint density at radius 2 is 1.83 bits per heavy atom. The van der Waals surface area contributed by atoms with Crippen molar-refractivity contribution in [2.24, 2.45) is 0 Å². The van der Waals surface area contributed by atoms with Crippen molar-refractivity contribution in [3.05, 3.63) is 77.4 Å². The predicted octanol–water partition coefficient (Wildman–Crippen LogP) is 5.69. The molecule has 0 aliphatic carbocycles. The molecule has 0 saturated carbocycles. The van der Waals surface area contributed by atoms with Crippen LogP contribution in [0.3, 0.4) is 0 Å². The molecule has 30 heavy (non-hydrogen) atoms. The zero-order valence-corrected chi connectivity index (χ0v) is 17.4. The molecule has 0 bridgehead atoms. The summed E-state index contributed by atoms with van der Waals surface area (Å²) in [5, 5.41) is 2.85. The molecular weight excluding hydrogens is 376 g/mol. The quantitative estimate of drug-likeness (QED) is 0.451. The van der Waals surface area contributed by atoms with Crippen LogP contribution in [0.25, 0.3) is 22.6 Å². The highest BCUT2D eigenvalue weighted by Crippen LogP contribution is 2.28. The van der Waals surface area contributed by atoms with Gasteiger partial charge in [0.25, 0.3) is 5.91 Å². The molecule has 152 valence electrons. The van der Waals surface area contributed by atoms with Gasteiger partial charge in [0.2, 0.25) is 5.89 Å². The third kappa shape index (κ3) is 4.35.